The maximum absolute atomic E-state index is 13.0. The van der Waals surface area contributed by atoms with Crippen molar-refractivity contribution in [2.75, 3.05) is 32.7 Å². The van der Waals surface area contributed by atoms with Crippen LogP contribution in [0, 0.1) is 11.8 Å². The van der Waals surface area contributed by atoms with E-state index in [0.717, 1.165) is 46.9 Å². The molecule has 2 atom stereocenters. The number of carbonyl (C=O) groups excluding carboxylic acids is 2. The van der Waals surface area contributed by atoms with Gasteiger partial charge in [-0.25, -0.2) is 0 Å². The standard InChI is InChI=1S/C23H31N3O4S/c1-29-9-7-21(27)26-8-6-16-19(12-24)23(31-20(16)13-26)25-22(28)18-11-17(18)14-4-3-5-15(10-14)30-2/h5,10,17-18H,3-4,6-9,11-13,24H2,1-2H3,(H,25,28). The molecule has 8 heteroatoms. The minimum atomic E-state index is 0.0133. The van der Waals surface area contributed by atoms with Gasteiger partial charge in [-0.2, -0.15) is 0 Å². The Kier molecular flexibility index (Phi) is 6.79. The van der Waals surface area contributed by atoms with Crippen molar-refractivity contribution in [3.05, 3.63) is 39.5 Å². The van der Waals surface area contributed by atoms with E-state index >= 15 is 0 Å². The molecule has 1 saturated carbocycles. The van der Waals surface area contributed by atoms with Gasteiger partial charge in [0.25, 0.3) is 0 Å². The summed E-state index contributed by atoms with van der Waals surface area (Å²) in [6.07, 6.45) is 8.20. The monoisotopic (exact) mass is 445 g/mol. The van der Waals surface area contributed by atoms with Gasteiger partial charge >= 0.3 is 0 Å². The molecule has 0 bridgehead atoms. The van der Waals surface area contributed by atoms with E-state index in [1.165, 1.54) is 11.1 Å². The number of fused-ring (bicyclic) bond motifs is 1. The highest BCUT2D eigenvalue weighted by Crippen LogP contribution is 2.48. The normalized spacial score (nSPS) is 22.4. The molecular weight excluding hydrogens is 414 g/mol. The SMILES string of the molecule is COCCC(=O)N1CCc2c(sc(NC(=O)C3CC3C3=CC(OC)=CCC3)c2CN)C1. The van der Waals surface area contributed by atoms with E-state index in [9.17, 15) is 9.59 Å². The Morgan fingerprint density at radius 1 is 1.32 bits per heavy atom. The van der Waals surface area contributed by atoms with Crippen molar-refractivity contribution in [2.45, 2.75) is 45.2 Å². The van der Waals surface area contributed by atoms with Gasteiger partial charge in [-0.3, -0.25) is 9.59 Å². The molecule has 0 radical (unpaired) electrons. The zero-order valence-electron chi connectivity index (χ0n) is 18.2. The van der Waals surface area contributed by atoms with E-state index in [-0.39, 0.29) is 17.7 Å². The molecule has 0 spiro atoms. The molecule has 1 fully saturated rings. The highest BCUT2D eigenvalue weighted by Gasteiger charge is 2.45. The smallest absolute Gasteiger partial charge is 0.228 e. The first-order valence-corrected chi connectivity index (χ1v) is 11.7. The van der Waals surface area contributed by atoms with Crippen molar-refractivity contribution in [3.63, 3.8) is 0 Å². The van der Waals surface area contributed by atoms with Crippen LogP contribution in [0.5, 0.6) is 0 Å². The van der Waals surface area contributed by atoms with Crippen LogP contribution in [0.3, 0.4) is 0 Å². The molecule has 3 aliphatic rings. The van der Waals surface area contributed by atoms with Crippen LogP contribution in [0.1, 0.15) is 41.7 Å². The molecule has 2 amide bonds. The largest absolute Gasteiger partial charge is 0.497 e. The number of ether oxygens (including phenoxy) is 2. The number of nitrogens with one attached hydrogen (secondary N) is 1. The topological polar surface area (TPSA) is 93.9 Å². The van der Waals surface area contributed by atoms with Crippen LogP contribution in [0.2, 0.25) is 0 Å². The fourth-order valence-corrected chi connectivity index (χ4v) is 5.87. The maximum Gasteiger partial charge on any atom is 0.228 e. The number of carbonyl (C=O) groups is 2. The minimum absolute atomic E-state index is 0.0133. The first kappa shape index (κ1) is 22.0. The first-order valence-electron chi connectivity index (χ1n) is 10.9. The van der Waals surface area contributed by atoms with Crippen LogP contribution in [-0.2, 0) is 38.6 Å². The third-order valence-corrected chi connectivity index (χ3v) is 7.60. The van der Waals surface area contributed by atoms with Gasteiger partial charge < -0.3 is 25.4 Å². The fraction of sp³-hybridized carbons (Fsp3) is 0.565. The third-order valence-electron chi connectivity index (χ3n) is 6.43. The number of hydrogen-bond acceptors (Lipinski definition) is 6. The van der Waals surface area contributed by atoms with Crippen LogP contribution < -0.4 is 11.1 Å². The number of allylic oxidation sites excluding steroid dienone is 3. The van der Waals surface area contributed by atoms with Gasteiger partial charge in [0.2, 0.25) is 11.8 Å². The number of hydrogen-bond donors (Lipinski definition) is 2. The number of nitrogens with zero attached hydrogens (tertiary/aromatic N) is 1. The van der Waals surface area contributed by atoms with Crippen molar-refractivity contribution in [3.8, 4) is 0 Å². The Morgan fingerprint density at radius 2 is 2.16 bits per heavy atom. The van der Waals surface area contributed by atoms with Gasteiger partial charge in [0.15, 0.2) is 0 Å². The molecule has 1 aromatic rings. The average Bonchev–Trinajstić information content (AvgIpc) is 3.53. The zero-order chi connectivity index (χ0) is 22.0. The van der Waals surface area contributed by atoms with Crippen molar-refractivity contribution in [1.29, 1.82) is 0 Å². The number of methoxy groups -OCH3 is 2. The maximum atomic E-state index is 13.0. The highest BCUT2D eigenvalue weighted by atomic mass is 32.1. The predicted molar refractivity (Wildman–Crippen MR) is 120 cm³/mol. The molecule has 31 heavy (non-hydrogen) atoms. The zero-order valence-corrected chi connectivity index (χ0v) is 19.1. The summed E-state index contributed by atoms with van der Waals surface area (Å²) in [5, 5.41) is 4.01. The number of anilines is 1. The van der Waals surface area contributed by atoms with Gasteiger partial charge in [0.1, 0.15) is 10.8 Å². The number of thiophene rings is 1. The molecule has 0 saturated heterocycles. The molecule has 2 aliphatic carbocycles. The first-order chi connectivity index (χ1) is 15.0. The summed E-state index contributed by atoms with van der Waals surface area (Å²) < 4.78 is 10.4. The molecule has 1 aromatic heterocycles. The minimum Gasteiger partial charge on any atom is -0.497 e. The summed E-state index contributed by atoms with van der Waals surface area (Å²) in [7, 11) is 3.29. The van der Waals surface area contributed by atoms with Gasteiger partial charge in [-0.05, 0) is 49.3 Å². The van der Waals surface area contributed by atoms with Crippen LogP contribution in [-0.4, -0.2) is 44.1 Å². The van der Waals surface area contributed by atoms with Crippen LogP contribution in [0.25, 0.3) is 0 Å². The Hall–Kier alpha value is -2.16. The second-order valence-electron chi connectivity index (χ2n) is 8.33. The van der Waals surface area contributed by atoms with Gasteiger partial charge in [-0.15, -0.1) is 11.3 Å². The molecule has 0 aromatic carbocycles. The van der Waals surface area contributed by atoms with E-state index < -0.39 is 0 Å². The lowest BCUT2D eigenvalue weighted by molar-refractivity contribution is -0.133. The number of nitrogens with two attached hydrogens (primary N) is 1. The molecule has 168 valence electrons. The summed E-state index contributed by atoms with van der Waals surface area (Å²) in [5.41, 5.74) is 9.59. The van der Waals surface area contributed by atoms with Crippen molar-refractivity contribution >= 4 is 28.2 Å². The lowest BCUT2D eigenvalue weighted by Gasteiger charge is -2.27. The molecule has 7 nitrogen and oxygen atoms in total. The second-order valence-corrected chi connectivity index (χ2v) is 9.44. The molecule has 2 heterocycles. The Morgan fingerprint density at radius 3 is 2.90 bits per heavy atom. The summed E-state index contributed by atoms with van der Waals surface area (Å²) in [6.45, 7) is 2.08. The van der Waals surface area contributed by atoms with E-state index in [2.05, 4.69) is 17.5 Å². The average molecular weight is 446 g/mol. The fourth-order valence-electron chi connectivity index (χ4n) is 4.57. The van der Waals surface area contributed by atoms with E-state index in [4.69, 9.17) is 15.2 Å². The second kappa shape index (κ2) is 9.54. The Labute approximate surface area is 187 Å². The number of amides is 2. The Bertz CT molecular complexity index is 920. The molecule has 3 N–H and O–H groups in total. The molecular formula is C23H31N3O4S. The van der Waals surface area contributed by atoms with Crippen LogP contribution in [0.4, 0.5) is 5.00 Å². The lowest BCUT2D eigenvalue weighted by atomic mass is 9.98. The third kappa shape index (κ3) is 4.71. The van der Waals surface area contributed by atoms with E-state index in [1.54, 1.807) is 25.6 Å². The quantitative estimate of drug-likeness (QED) is 0.642. The molecule has 1 aliphatic heterocycles. The highest BCUT2D eigenvalue weighted by molar-refractivity contribution is 7.16. The van der Waals surface area contributed by atoms with E-state index in [0.29, 0.717) is 38.6 Å². The summed E-state index contributed by atoms with van der Waals surface area (Å²) in [4.78, 5) is 28.3. The Balaban J connectivity index is 1.41. The lowest BCUT2D eigenvalue weighted by Crippen LogP contribution is -2.36. The van der Waals surface area contributed by atoms with Gasteiger partial charge in [0, 0.05) is 36.6 Å². The van der Waals surface area contributed by atoms with Gasteiger partial charge in [0.05, 0.1) is 26.7 Å². The summed E-state index contributed by atoms with van der Waals surface area (Å²) in [5.74, 6) is 1.39. The summed E-state index contributed by atoms with van der Waals surface area (Å²) in [6, 6.07) is 0. The molecule has 2 unspecified atom stereocenters. The van der Waals surface area contributed by atoms with Crippen molar-refractivity contribution < 1.29 is 19.1 Å². The van der Waals surface area contributed by atoms with Crippen LogP contribution >= 0.6 is 11.3 Å². The molecule has 4 rings (SSSR count). The van der Waals surface area contributed by atoms with Crippen molar-refractivity contribution in [1.82, 2.24) is 4.90 Å². The van der Waals surface area contributed by atoms with Crippen molar-refractivity contribution in [2.24, 2.45) is 17.6 Å². The predicted octanol–water partition coefficient (Wildman–Crippen LogP) is 2.95. The number of rotatable bonds is 8. The summed E-state index contributed by atoms with van der Waals surface area (Å²) >= 11 is 1.57. The van der Waals surface area contributed by atoms with Gasteiger partial charge in [-0.1, -0.05) is 5.57 Å². The van der Waals surface area contributed by atoms with Crippen LogP contribution in [0.15, 0.2) is 23.5 Å². The van der Waals surface area contributed by atoms with E-state index in [1.807, 2.05) is 4.90 Å².